The van der Waals surface area contributed by atoms with Gasteiger partial charge in [-0.2, -0.15) is 0 Å². The lowest BCUT2D eigenvalue weighted by atomic mass is 10.1. The Labute approximate surface area is 177 Å². The highest BCUT2D eigenvalue weighted by atomic mass is 19.1. The second-order valence-corrected chi connectivity index (χ2v) is 7.23. The van der Waals surface area contributed by atoms with E-state index < -0.39 is 0 Å². The molecule has 2 aromatic carbocycles. The molecule has 5 rings (SSSR count). The van der Waals surface area contributed by atoms with E-state index in [4.69, 9.17) is 4.74 Å². The predicted octanol–water partition coefficient (Wildman–Crippen LogP) is 3.70. The van der Waals surface area contributed by atoms with E-state index in [1.807, 2.05) is 24.3 Å². The van der Waals surface area contributed by atoms with Crippen LogP contribution in [0.1, 0.15) is 0 Å². The van der Waals surface area contributed by atoms with Gasteiger partial charge in [-0.25, -0.2) is 14.4 Å². The number of nitrogens with zero attached hydrogens (tertiary/aromatic N) is 3. The first kappa shape index (κ1) is 19.2. The summed E-state index contributed by atoms with van der Waals surface area (Å²) in [6, 6.07) is 15.9. The van der Waals surface area contributed by atoms with E-state index >= 15 is 0 Å². The zero-order valence-corrected chi connectivity index (χ0v) is 16.6. The Balaban J connectivity index is 1.54. The molecule has 156 valence electrons. The third-order valence-corrected chi connectivity index (χ3v) is 5.28. The maximum absolute atomic E-state index is 14.4. The number of rotatable bonds is 4. The molecule has 0 amide bonds. The Morgan fingerprint density at radius 1 is 1.06 bits per heavy atom. The SMILES string of the molecule is O=c1[nH]cnc2cc(-c3ccccc3F)nc(Nc3ccc(N4CCOCC4)cc3)c12. The lowest BCUT2D eigenvalue weighted by Crippen LogP contribution is -2.36. The molecule has 31 heavy (non-hydrogen) atoms. The Morgan fingerprint density at radius 3 is 2.61 bits per heavy atom. The molecule has 0 bridgehead atoms. The van der Waals surface area contributed by atoms with Gasteiger partial charge in [0.2, 0.25) is 0 Å². The number of hydrogen-bond donors (Lipinski definition) is 2. The van der Waals surface area contributed by atoms with Crippen molar-refractivity contribution in [1.82, 2.24) is 15.0 Å². The van der Waals surface area contributed by atoms with Crippen LogP contribution in [-0.4, -0.2) is 41.3 Å². The Hall–Kier alpha value is -3.78. The molecule has 0 unspecified atom stereocenters. The summed E-state index contributed by atoms with van der Waals surface area (Å²) in [6.07, 6.45) is 1.33. The molecule has 1 fully saturated rings. The highest BCUT2D eigenvalue weighted by Gasteiger charge is 2.15. The monoisotopic (exact) mass is 417 g/mol. The van der Waals surface area contributed by atoms with Crippen LogP contribution in [0.2, 0.25) is 0 Å². The molecule has 7 nitrogen and oxygen atoms in total. The van der Waals surface area contributed by atoms with Crippen molar-refractivity contribution in [3.05, 3.63) is 77.1 Å². The fourth-order valence-electron chi connectivity index (χ4n) is 3.70. The number of aromatic amines is 1. The average Bonchev–Trinajstić information content (AvgIpc) is 2.80. The van der Waals surface area contributed by atoms with E-state index in [2.05, 4.69) is 25.2 Å². The number of morpholine rings is 1. The second-order valence-electron chi connectivity index (χ2n) is 7.23. The van der Waals surface area contributed by atoms with Crippen LogP contribution in [0.4, 0.5) is 21.6 Å². The Morgan fingerprint density at radius 2 is 1.84 bits per heavy atom. The van der Waals surface area contributed by atoms with Crippen molar-refractivity contribution in [2.45, 2.75) is 0 Å². The molecule has 1 aliphatic rings. The van der Waals surface area contributed by atoms with Crippen LogP contribution in [0.3, 0.4) is 0 Å². The number of hydrogen-bond acceptors (Lipinski definition) is 6. The molecule has 0 atom stereocenters. The highest BCUT2D eigenvalue weighted by Crippen LogP contribution is 2.29. The van der Waals surface area contributed by atoms with E-state index in [-0.39, 0.29) is 11.4 Å². The smallest absolute Gasteiger partial charge is 0.262 e. The first-order valence-electron chi connectivity index (χ1n) is 10.0. The van der Waals surface area contributed by atoms with Crippen LogP contribution < -0.4 is 15.8 Å². The minimum Gasteiger partial charge on any atom is -0.378 e. The van der Waals surface area contributed by atoms with Gasteiger partial charge >= 0.3 is 0 Å². The predicted molar refractivity (Wildman–Crippen MR) is 118 cm³/mol. The van der Waals surface area contributed by atoms with Gasteiger partial charge in [-0.3, -0.25) is 4.79 Å². The van der Waals surface area contributed by atoms with Gasteiger partial charge in [-0.05, 0) is 42.5 Å². The fraction of sp³-hybridized carbons (Fsp3) is 0.174. The van der Waals surface area contributed by atoms with E-state index in [0.29, 0.717) is 41.2 Å². The largest absolute Gasteiger partial charge is 0.378 e. The molecule has 0 saturated carbocycles. The number of H-pyrrole nitrogens is 1. The van der Waals surface area contributed by atoms with Gasteiger partial charge in [0.1, 0.15) is 17.0 Å². The van der Waals surface area contributed by atoms with E-state index in [1.54, 1.807) is 24.3 Å². The number of fused-ring (bicyclic) bond motifs is 1. The van der Waals surface area contributed by atoms with Crippen LogP contribution in [0.25, 0.3) is 22.2 Å². The lowest BCUT2D eigenvalue weighted by Gasteiger charge is -2.28. The van der Waals surface area contributed by atoms with Gasteiger partial charge in [-0.15, -0.1) is 0 Å². The summed E-state index contributed by atoms with van der Waals surface area (Å²) < 4.78 is 19.8. The van der Waals surface area contributed by atoms with Gasteiger partial charge in [0.25, 0.3) is 5.56 Å². The van der Waals surface area contributed by atoms with Crippen LogP contribution in [0.5, 0.6) is 0 Å². The number of aromatic nitrogens is 3. The van der Waals surface area contributed by atoms with Crippen LogP contribution in [-0.2, 0) is 4.74 Å². The van der Waals surface area contributed by atoms with Crippen molar-refractivity contribution in [3.8, 4) is 11.3 Å². The normalized spacial score (nSPS) is 14.0. The number of anilines is 3. The van der Waals surface area contributed by atoms with E-state index in [9.17, 15) is 9.18 Å². The van der Waals surface area contributed by atoms with Gasteiger partial charge in [0, 0.05) is 30.0 Å². The average molecular weight is 417 g/mol. The molecule has 2 N–H and O–H groups in total. The quantitative estimate of drug-likeness (QED) is 0.527. The number of benzene rings is 2. The molecule has 0 radical (unpaired) electrons. The van der Waals surface area contributed by atoms with E-state index in [0.717, 1.165) is 24.5 Å². The van der Waals surface area contributed by atoms with Crippen molar-refractivity contribution in [2.24, 2.45) is 0 Å². The molecule has 2 aromatic heterocycles. The molecule has 1 aliphatic heterocycles. The summed E-state index contributed by atoms with van der Waals surface area (Å²) in [7, 11) is 0. The summed E-state index contributed by atoms with van der Waals surface area (Å²) in [5.41, 5.74) is 2.73. The number of ether oxygens (including phenoxy) is 1. The highest BCUT2D eigenvalue weighted by molar-refractivity contribution is 5.92. The molecule has 8 heteroatoms. The molecule has 0 aliphatic carbocycles. The van der Waals surface area contributed by atoms with Crippen molar-refractivity contribution in [2.75, 3.05) is 36.5 Å². The zero-order valence-electron chi connectivity index (χ0n) is 16.6. The van der Waals surface area contributed by atoms with Crippen LogP contribution in [0, 0.1) is 5.82 Å². The van der Waals surface area contributed by atoms with Gasteiger partial charge in [-0.1, -0.05) is 12.1 Å². The number of nitrogens with one attached hydrogen (secondary N) is 2. The van der Waals surface area contributed by atoms with Crippen LogP contribution in [0.15, 0.2) is 65.7 Å². The lowest BCUT2D eigenvalue weighted by molar-refractivity contribution is 0.122. The number of pyridine rings is 1. The topological polar surface area (TPSA) is 83.1 Å². The summed E-state index contributed by atoms with van der Waals surface area (Å²) in [6.45, 7) is 3.14. The molecular weight excluding hydrogens is 397 g/mol. The van der Waals surface area contributed by atoms with E-state index in [1.165, 1.54) is 12.4 Å². The van der Waals surface area contributed by atoms with Crippen molar-refractivity contribution in [1.29, 1.82) is 0 Å². The molecule has 4 aromatic rings. The van der Waals surface area contributed by atoms with Crippen molar-refractivity contribution < 1.29 is 9.13 Å². The summed E-state index contributed by atoms with van der Waals surface area (Å²) in [4.78, 5) is 26.2. The fourth-order valence-corrected chi connectivity index (χ4v) is 3.70. The first-order valence-corrected chi connectivity index (χ1v) is 10.0. The van der Waals surface area contributed by atoms with Crippen molar-refractivity contribution >= 4 is 28.1 Å². The number of halogens is 1. The summed E-state index contributed by atoms with van der Waals surface area (Å²) >= 11 is 0. The second kappa shape index (κ2) is 8.16. The molecule has 1 saturated heterocycles. The molecule has 0 spiro atoms. The zero-order chi connectivity index (χ0) is 21.2. The summed E-state index contributed by atoms with van der Waals surface area (Å²) in [5, 5.41) is 3.53. The molecular formula is C23H20FN5O2. The Bertz CT molecular complexity index is 1280. The maximum atomic E-state index is 14.4. The minimum atomic E-state index is -0.389. The maximum Gasteiger partial charge on any atom is 0.262 e. The van der Waals surface area contributed by atoms with Crippen LogP contribution >= 0.6 is 0 Å². The standard InChI is InChI=1S/C23H20FN5O2/c24-18-4-2-1-3-17(18)19-13-20-21(23(30)26-14-25-20)22(28-19)27-15-5-7-16(8-6-15)29-9-11-31-12-10-29/h1-8,13-14H,9-12H2,(H,27,28)(H,25,26,30). The third kappa shape index (κ3) is 3.85. The van der Waals surface area contributed by atoms with Gasteiger partial charge < -0.3 is 19.9 Å². The minimum absolute atomic E-state index is 0.315. The third-order valence-electron chi connectivity index (χ3n) is 5.28. The van der Waals surface area contributed by atoms with Gasteiger partial charge in [0.15, 0.2) is 0 Å². The van der Waals surface area contributed by atoms with Gasteiger partial charge in [0.05, 0.1) is 30.8 Å². The first-order chi connectivity index (χ1) is 15.2. The van der Waals surface area contributed by atoms with Crippen molar-refractivity contribution in [3.63, 3.8) is 0 Å². The summed E-state index contributed by atoms with van der Waals surface area (Å²) in [5.74, 6) is -0.0655. The molecule has 3 heterocycles. The Kier molecular flexibility index (Phi) is 5.05.